The van der Waals surface area contributed by atoms with Gasteiger partial charge < -0.3 is 5.32 Å². The molecule has 0 saturated carbocycles. The van der Waals surface area contributed by atoms with Crippen LogP contribution in [0.1, 0.15) is 26.7 Å². The molecule has 1 rings (SSSR count). The van der Waals surface area contributed by atoms with Crippen LogP contribution in [0.2, 0.25) is 0 Å². The van der Waals surface area contributed by atoms with Crippen molar-refractivity contribution in [3.63, 3.8) is 0 Å². The average molecular weight is 277 g/mol. The predicted molar refractivity (Wildman–Crippen MR) is 75.2 cm³/mol. The maximum Gasteiger partial charge on any atom is 0.214 e. The van der Waals surface area contributed by atoms with Crippen LogP contribution in [0.5, 0.6) is 0 Å². The van der Waals surface area contributed by atoms with Gasteiger partial charge in [0, 0.05) is 25.2 Å². The number of hydrogen-bond acceptors (Lipinski definition) is 4. The van der Waals surface area contributed by atoms with Crippen LogP contribution in [0.25, 0.3) is 0 Å². The fraction of sp³-hybridized carbons (Fsp3) is 1.00. The molecular formula is C12H27N3O2S. The molecular weight excluding hydrogens is 250 g/mol. The molecule has 1 aliphatic heterocycles. The van der Waals surface area contributed by atoms with Gasteiger partial charge in [-0.15, -0.1) is 0 Å². The lowest BCUT2D eigenvalue weighted by Gasteiger charge is -2.41. The van der Waals surface area contributed by atoms with Crippen molar-refractivity contribution < 1.29 is 8.42 Å². The molecule has 5 nitrogen and oxygen atoms in total. The van der Waals surface area contributed by atoms with Gasteiger partial charge in [0.15, 0.2) is 0 Å². The normalized spacial score (nSPS) is 27.6. The summed E-state index contributed by atoms with van der Waals surface area (Å²) >= 11 is 0. The molecule has 0 radical (unpaired) electrons. The van der Waals surface area contributed by atoms with Crippen LogP contribution >= 0.6 is 0 Å². The smallest absolute Gasteiger partial charge is 0.214 e. The molecule has 2 unspecified atom stereocenters. The van der Waals surface area contributed by atoms with E-state index >= 15 is 0 Å². The third-order valence-corrected chi connectivity index (χ3v) is 5.69. The predicted octanol–water partition coefficient (Wildman–Crippen LogP) is 0.340. The van der Waals surface area contributed by atoms with Crippen LogP contribution in [0, 0.1) is 0 Å². The van der Waals surface area contributed by atoms with Crippen molar-refractivity contribution in [3.8, 4) is 0 Å². The zero-order chi connectivity index (χ0) is 13.8. The summed E-state index contributed by atoms with van der Waals surface area (Å²) in [5, 5.41) is 3.04. The van der Waals surface area contributed by atoms with Crippen LogP contribution in [0.3, 0.4) is 0 Å². The molecule has 0 bridgehead atoms. The summed E-state index contributed by atoms with van der Waals surface area (Å²) in [5.74, 6) is 0.276. The van der Waals surface area contributed by atoms with E-state index in [0.29, 0.717) is 25.2 Å². The van der Waals surface area contributed by atoms with Crippen LogP contribution in [0.15, 0.2) is 0 Å². The Bertz CT molecular complexity index is 333. The van der Waals surface area contributed by atoms with Crippen molar-refractivity contribution in [1.29, 1.82) is 0 Å². The highest BCUT2D eigenvalue weighted by Gasteiger charge is 2.32. The molecule has 2 atom stereocenters. The monoisotopic (exact) mass is 277 g/mol. The van der Waals surface area contributed by atoms with Gasteiger partial charge in [0.2, 0.25) is 10.0 Å². The van der Waals surface area contributed by atoms with Crippen molar-refractivity contribution >= 4 is 10.0 Å². The summed E-state index contributed by atoms with van der Waals surface area (Å²) in [5.41, 5.74) is 0. The highest BCUT2D eigenvalue weighted by molar-refractivity contribution is 7.89. The van der Waals surface area contributed by atoms with Gasteiger partial charge in [0.25, 0.3) is 0 Å². The van der Waals surface area contributed by atoms with E-state index in [-0.39, 0.29) is 5.75 Å². The fourth-order valence-corrected chi connectivity index (χ4v) is 4.01. The van der Waals surface area contributed by atoms with Gasteiger partial charge in [-0.1, -0.05) is 0 Å². The molecule has 1 saturated heterocycles. The van der Waals surface area contributed by atoms with E-state index in [1.54, 1.807) is 4.31 Å². The Hall–Kier alpha value is -0.170. The van der Waals surface area contributed by atoms with Crippen molar-refractivity contribution in [1.82, 2.24) is 14.5 Å². The maximum absolute atomic E-state index is 12.2. The Morgan fingerprint density at radius 3 is 2.22 bits per heavy atom. The van der Waals surface area contributed by atoms with E-state index in [0.717, 1.165) is 19.4 Å². The molecule has 0 aromatic heterocycles. The number of likely N-dealkylation sites (N-methyl/N-ethyl adjacent to an activating group) is 1. The molecule has 0 aliphatic carbocycles. The van der Waals surface area contributed by atoms with Crippen molar-refractivity contribution in [2.75, 3.05) is 39.5 Å². The van der Waals surface area contributed by atoms with Gasteiger partial charge in [-0.05, 0) is 47.3 Å². The van der Waals surface area contributed by atoms with E-state index in [9.17, 15) is 8.42 Å². The first kappa shape index (κ1) is 15.9. The van der Waals surface area contributed by atoms with Gasteiger partial charge in [-0.3, -0.25) is 4.90 Å². The van der Waals surface area contributed by atoms with Crippen molar-refractivity contribution in [3.05, 3.63) is 0 Å². The molecule has 18 heavy (non-hydrogen) atoms. The van der Waals surface area contributed by atoms with E-state index in [1.165, 1.54) is 0 Å². The third-order valence-electron chi connectivity index (χ3n) is 3.80. The standard InChI is InChI=1S/C12H27N3O2S/c1-11-9-15(10-12(2)14(11)4)18(16,17)8-6-5-7-13-3/h11-13H,5-10H2,1-4H3. The summed E-state index contributed by atoms with van der Waals surface area (Å²) in [4.78, 5) is 2.24. The Kier molecular flexibility index (Phi) is 6.04. The van der Waals surface area contributed by atoms with Crippen molar-refractivity contribution in [2.24, 2.45) is 0 Å². The molecule has 1 fully saturated rings. The molecule has 6 heteroatoms. The first-order chi connectivity index (χ1) is 8.38. The largest absolute Gasteiger partial charge is 0.320 e. The Balaban J connectivity index is 2.52. The average Bonchev–Trinajstić information content (AvgIpc) is 2.31. The lowest BCUT2D eigenvalue weighted by atomic mass is 10.1. The number of sulfonamides is 1. The second-order valence-corrected chi connectivity index (χ2v) is 7.40. The Morgan fingerprint density at radius 1 is 1.17 bits per heavy atom. The fourth-order valence-electron chi connectivity index (χ4n) is 2.30. The summed E-state index contributed by atoms with van der Waals surface area (Å²) in [7, 11) is 0.875. The minimum absolute atomic E-state index is 0.276. The van der Waals surface area contributed by atoms with Gasteiger partial charge in [-0.25, -0.2) is 8.42 Å². The van der Waals surface area contributed by atoms with E-state index in [1.807, 2.05) is 7.05 Å². The summed E-state index contributed by atoms with van der Waals surface area (Å²) in [6, 6.07) is 0.585. The molecule has 0 aromatic rings. The summed E-state index contributed by atoms with van der Waals surface area (Å²) in [6.07, 6.45) is 1.65. The number of unbranched alkanes of at least 4 members (excludes halogenated alkanes) is 1. The van der Waals surface area contributed by atoms with Crippen molar-refractivity contribution in [2.45, 2.75) is 38.8 Å². The zero-order valence-electron chi connectivity index (χ0n) is 12.0. The topological polar surface area (TPSA) is 52.7 Å². The lowest BCUT2D eigenvalue weighted by Crippen LogP contribution is -2.56. The van der Waals surface area contributed by atoms with Gasteiger partial charge >= 0.3 is 0 Å². The summed E-state index contributed by atoms with van der Waals surface area (Å²) < 4.78 is 26.1. The van der Waals surface area contributed by atoms with E-state index in [4.69, 9.17) is 0 Å². The molecule has 0 aromatic carbocycles. The van der Waals surface area contributed by atoms with Gasteiger partial charge in [0.05, 0.1) is 5.75 Å². The number of hydrogen-bond donors (Lipinski definition) is 1. The Morgan fingerprint density at radius 2 is 1.72 bits per heavy atom. The van der Waals surface area contributed by atoms with E-state index < -0.39 is 10.0 Å². The van der Waals surface area contributed by atoms with Crippen LogP contribution < -0.4 is 5.32 Å². The SMILES string of the molecule is CNCCCCS(=O)(=O)N1CC(C)N(C)C(C)C1. The second-order valence-electron chi connectivity index (χ2n) is 5.31. The summed E-state index contributed by atoms with van der Waals surface area (Å²) in [6.45, 7) is 6.29. The number of nitrogens with zero attached hydrogens (tertiary/aromatic N) is 2. The van der Waals surface area contributed by atoms with E-state index in [2.05, 4.69) is 31.1 Å². The zero-order valence-corrected chi connectivity index (χ0v) is 12.8. The van der Waals surface area contributed by atoms with Gasteiger partial charge in [0.1, 0.15) is 0 Å². The van der Waals surface area contributed by atoms with Crippen LogP contribution in [-0.4, -0.2) is 69.2 Å². The number of piperazine rings is 1. The quantitative estimate of drug-likeness (QED) is 0.711. The number of rotatable bonds is 6. The molecule has 0 spiro atoms. The minimum atomic E-state index is -3.07. The van der Waals surface area contributed by atoms with Crippen LogP contribution in [-0.2, 0) is 10.0 Å². The molecule has 1 heterocycles. The highest BCUT2D eigenvalue weighted by atomic mass is 32.2. The van der Waals surface area contributed by atoms with Gasteiger partial charge in [-0.2, -0.15) is 4.31 Å². The maximum atomic E-state index is 12.2. The lowest BCUT2D eigenvalue weighted by molar-refractivity contribution is 0.105. The number of nitrogens with one attached hydrogen (secondary N) is 1. The third kappa shape index (κ3) is 4.19. The van der Waals surface area contributed by atoms with Crippen LogP contribution in [0.4, 0.5) is 0 Å². The highest BCUT2D eigenvalue weighted by Crippen LogP contribution is 2.17. The molecule has 0 amide bonds. The molecule has 1 N–H and O–H groups in total. The minimum Gasteiger partial charge on any atom is -0.320 e. The first-order valence-corrected chi connectivity index (χ1v) is 8.33. The molecule has 108 valence electrons. The Labute approximate surface area is 112 Å². The molecule has 1 aliphatic rings. The first-order valence-electron chi connectivity index (χ1n) is 6.73. The second kappa shape index (κ2) is 6.84.